The third-order valence-corrected chi connectivity index (χ3v) is 6.18. The summed E-state index contributed by atoms with van der Waals surface area (Å²) in [4.78, 5) is 23.3. The lowest BCUT2D eigenvalue weighted by Crippen LogP contribution is -2.22. The van der Waals surface area contributed by atoms with Crippen molar-refractivity contribution in [2.24, 2.45) is 11.8 Å². The van der Waals surface area contributed by atoms with E-state index >= 15 is 0 Å². The smallest absolute Gasteiger partial charge is 0.341 e. The Morgan fingerprint density at radius 2 is 1.77 bits per heavy atom. The fourth-order valence-corrected chi connectivity index (χ4v) is 3.57. The van der Waals surface area contributed by atoms with Crippen molar-refractivity contribution in [1.29, 1.82) is 0 Å². The number of hydrogen-bond acceptors (Lipinski definition) is 5. The molecule has 1 atom stereocenters. The maximum Gasteiger partial charge on any atom is 0.341 e. The summed E-state index contributed by atoms with van der Waals surface area (Å²) in [5.41, 5.74) is 1.85. The average Bonchev–Trinajstić information content (AvgIpc) is 2.86. The number of rotatable bonds is 9. The molecule has 1 aromatic heterocycles. The molecule has 196 valence electrons. The fraction of sp³-hybridized carbons (Fsp3) is 0.571. The minimum atomic E-state index is -1.21. The molecular weight excluding hydrogens is 446 g/mol. The van der Waals surface area contributed by atoms with Crippen LogP contribution in [0, 0.1) is 11.8 Å². The van der Waals surface area contributed by atoms with Crippen LogP contribution in [0.2, 0.25) is 0 Å². The first-order valence-electron chi connectivity index (χ1n) is 12.5. The van der Waals surface area contributed by atoms with Gasteiger partial charge in [0.15, 0.2) is 16.9 Å². The third kappa shape index (κ3) is 8.42. The summed E-state index contributed by atoms with van der Waals surface area (Å²) >= 11 is 0. The highest BCUT2D eigenvalue weighted by Gasteiger charge is 2.22. The third-order valence-electron chi connectivity index (χ3n) is 6.18. The molecule has 35 heavy (non-hydrogen) atoms. The summed E-state index contributed by atoms with van der Waals surface area (Å²) in [6.45, 7) is 14.8. The van der Waals surface area contributed by atoms with Crippen LogP contribution in [0.15, 0.2) is 29.2 Å². The van der Waals surface area contributed by atoms with Gasteiger partial charge >= 0.3 is 5.97 Å². The van der Waals surface area contributed by atoms with Crippen molar-refractivity contribution in [3.05, 3.63) is 45.7 Å². The van der Waals surface area contributed by atoms with Crippen molar-refractivity contribution < 1.29 is 24.1 Å². The highest BCUT2D eigenvalue weighted by Crippen LogP contribution is 2.38. The van der Waals surface area contributed by atoms with Crippen LogP contribution in [0.3, 0.4) is 0 Å². The molecule has 0 aliphatic carbocycles. The Balaban J connectivity index is 0.000000587. The number of ether oxygens (including phenoxy) is 3. The monoisotopic (exact) mass is 489 g/mol. The molecule has 1 N–H and O–H groups in total. The van der Waals surface area contributed by atoms with Gasteiger partial charge < -0.3 is 23.9 Å². The van der Waals surface area contributed by atoms with E-state index in [-0.39, 0.29) is 5.56 Å². The molecule has 0 amide bonds. The molecule has 0 fully saturated rings. The van der Waals surface area contributed by atoms with Crippen LogP contribution in [-0.4, -0.2) is 43.1 Å². The van der Waals surface area contributed by atoms with Crippen LogP contribution >= 0.6 is 0 Å². The van der Waals surface area contributed by atoms with Crippen molar-refractivity contribution in [2.45, 2.75) is 67.3 Å². The number of aromatic carboxylic acids is 1. The largest absolute Gasteiger partial charge is 0.493 e. The molecular formula is C28H43NO6. The Bertz CT molecular complexity index is 996. The molecule has 1 aliphatic heterocycles. The van der Waals surface area contributed by atoms with Gasteiger partial charge in [-0.1, -0.05) is 48.0 Å². The average molecular weight is 490 g/mol. The zero-order chi connectivity index (χ0) is 26.5. The van der Waals surface area contributed by atoms with Gasteiger partial charge in [0.1, 0.15) is 5.56 Å². The molecule has 2 aromatic rings. The number of benzene rings is 1. The maximum atomic E-state index is 12.1. The number of carbonyl (C=O) groups is 1. The number of carboxylic acids is 1. The lowest BCUT2D eigenvalue weighted by Gasteiger charge is -2.24. The van der Waals surface area contributed by atoms with Gasteiger partial charge in [-0.25, -0.2) is 4.79 Å². The molecule has 3 rings (SSSR count). The van der Waals surface area contributed by atoms with Gasteiger partial charge in [0.05, 0.1) is 19.4 Å². The van der Waals surface area contributed by atoms with Gasteiger partial charge in [0, 0.05) is 44.5 Å². The molecule has 0 saturated heterocycles. The standard InChI is InChI=1S/C19H21NO6.C7H16.C2H6/c1-24-6-3-7-26-18-8-12-4-5-20-11-14(19(22)23)16(21)10-15(20)13(12)9-17(18)25-2;1-5-7(4)6(2)3;1-2/h8-11H,3-7H2,1-2H3,(H,22,23);6-7H,5H2,1-4H3;1-2H3. The van der Waals surface area contributed by atoms with E-state index in [1.165, 1.54) is 18.7 Å². The molecule has 0 radical (unpaired) electrons. The molecule has 7 nitrogen and oxygen atoms in total. The lowest BCUT2D eigenvalue weighted by molar-refractivity contribution is 0.0694. The van der Waals surface area contributed by atoms with Crippen LogP contribution in [0.1, 0.15) is 70.3 Å². The molecule has 1 aromatic carbocycles. The van der Waals surface area contributed by atoms with Gasteiger partial charge in [-0.05, 0) is 36.0 Å². The highest BCUT2D eigenvalue weighted by molar-refractivity contribution is 5.87. The number of methoxy groups -OCH3 is 2. The van der Waals surface area contributed by atoms with Crippen molar-refractivity contribution in [3.8, 4) is 22.8 Å². The SMILES string of the molecule is CC.CCC(C)C(C)C.COCCCOc1cc2c(cc1OC)-c1cc(=O)c(C(=O)O)cn1CC2. The first kappa shape index (κ1) is 30.2. The van der Waals surface area contributed by atoms with E-state index in [0.717, 1.165) is 29.4 Å². The Labute approximate surface area is 210 Å². The second-order valence-electron chi connectivity index (χ2n) is 8.67. The van der Waals surface area contributed by atoms with Gasteiger partial charge in [0.2, 0.25) is 0 Å². The number of fused-ring (bicyclic) bond motifs is 3. The van der Waals surface area contributed by atoms with Crippen molar-refractivity contribution >= 4 is 5.97 Å². The summed E-state index contributed by atoms with van der Waals surface area (Å²) in [6.07, 6.45) is 4.21. The van der Waals surface area contributed by atoms with Gasteiger partial charge in [-0.3, -0.25) is 4.79 Å². The highest BCUT2D eigenvalue weighted by atomic mass is 16.5. The van der Waals surface area contributed by atoms with Gasteiger partial charge in [0.25, 0.3) is 0 Å². The Hall–Kier alpha value is -2.80. The number of nitrogens with zero attached hydrogens (tertiary/aromatic N) is 1. The first-order chi connectivity index (χ1) is 16.7. The van der Waals surface area contributed by atoms with E-state index in [0.29, 0.717) is 43.4 Å². The Kier molecular flexibility index (Phi) is 13.2. The van der Waals surface area contributed by atoms with Crippen molar-refractivity contribution in [3.63, 3.8) is 0 Å². The van der Waals surface area contributed by atoms with Gasteiger partial charge in [-0.2, -0.15) is 0 Å². The zero-order valence-electron chi connectivity index (χ0n) is 22.6. The second kappa shape index (κ2) is 15.2. The molecule has 0 bridgehead atoms. The van der Waals surface area contributed by atoms with Crippen molar-refractivity contribution in [2.75, 3.05) is 27.4 Å². The summed E-state index contributed by atoms with van der Waals surface area (Å²) in [5.74, 6) is 1.78. The van der Waals surface area contributed by atoms with Gasteiger partial charge in [-0.15, -0.1) is 0 Å². The zero-order valence-corrected chi connectivity index (χ0v) is 22.6. The van der Waals surface area contributed by atoms with Crippen molar-refractivity contribution in [1.82, 2.24) is 4.57 Å². The van der Waals surface area contributed by atoms with Crippen LogP contribution in [0.25, 0.3) is 11.3 Å². The summed E-state index contributed by atoms with van der Waals surface area (Å²) < 4.78 is 18.1. The number of hydrogen-bond donors (Lipinski definition) is 1. The molecule has 1 aliphatic rings. The summed E-state index contributed by atoms with van der Waals surface area (Å²) in [6, 6.07) is 5.14. The number of pyridine rings is 1. The lowest BCUT2D eigenvalue weighted by atomic mass is 9.96. The molecule has 1 unspecified atom stereocenters. The van der Waals surface area contributed by atoms with Crippen LogP contribution in [0.4, 0.5) is 0 Å². The minimum Gasteiger partial charge on any atom is -0.493 e. The Morgan fingerprint density at radius 3 is 2.29 bits per heavy atom. The number of aromatic nitrogens is 1. The molecule has 7 heteroatoms. The first-order valence-corrected chi connectivity index (χ1v) is 12.5. The molecule has 0 spiro atoms. The predicted octanol–water partition coefficient (Wildman–Crippen LogP) is 5.91. The number of carboxylic acid groups (broad SMARTS) is 1. The normalized spacial score (nSPS) is 12.3. The van der Waals surface area contributed by atoms with Crippen LogP contribution < -0.4 is 14.9 Å². The number of aryl methyl sites for hydroxylation is 2. The fourth-order valence-electron chi connectivity index (χ4n) is 3.57. The van der Waals surface area contributed by atoms with E-state index < -0.39 is 11.4 Å². The van der Waals surface area contributed by atoms with Crippen LogP contribution in [-0.2, 0) is 17.7 Å². The summed E-state index contributed by atoms with van der Waals surface area (Å²) in [5, 5.41) is 9.14. The molecule has 0 saturated carbocycles. The van der Waals surface area contributed by atoms with E-state index in [9.17, 15) is 9.59 Å². The minimum absolute atomic E-state index is 0.220. The topological polar surface area (TPSA) is 87.0 Å². The predicted molar refractivity (Wildman–Crippen MR) is 141 cm³/mol. The van der Waals surface area contributed by atoms with Crippen LogP contribution in [0.5, 0.6) is 11.5 Å². The summed E-state index contributed by atoms with van der Waals surface area (Å²) in [7, 11) is 3.21. The van der Waals surface area contributed by atoms with E-state index in [1.54, 1.807) is 18.8 Å². The second-order valence-corrected chi connectivity index (χ2v) is 8.67. The van der Waals surface area contributed by atoms with E-state index in [2.05, 4.69) is 27.7 Å². The van der Waals surface area contributed by atoms with E-state index in [1.807, 2.05) is 26.0 Å². The quantitative estimate of drug-likeness (QED) is 0.441. The van der Waals surface area contributed by atoms with E-state index in [4.69, 9.17) is 19.3 Å². The Morgan fingerprint density at radius 1 is 1.09 bits per heavy atom. The maximum absolute atomic E-state index is 12.1. The molecule has 2 heterocycles.